The highest BCUT2D eigenvalue weighted by molar-refractivity contribution is 7.98. The molecule has 0 fully saturated rings. The molecule has 5 heteroatoms. The number of halogens is 1. The Labute approximate surface area is 103 Å². The predicted octanol–water partition coefficient (Wildman–Crippen LogP) is 2.49. The summed E-state index contributed by atoms with van der Waals surface area (Å²) in [4.78, 5) is 15.7. The zero-order chi connectivity index (χ0) is 12.4. The summed E-state index contributed by atoms with van der Waals surface area (Å²) in [5, 5.41) is 0. The van der Waals surface area contributed by atoms with Gasteiger partial charge in [0, 0.05) is 5.75 Å². The van der Waals surface area contributed by atoms with Crippen LogP contribution in [0.1, 0.15) is 22.8 Å². The molecule has 0 spiro atoms. The van der Waals surface area contributed by atoms with Gasteiger partial charge in [0.25, 0.3) is 0 Å². The molecule has 1 aliphatic rings. The second-order valence-electron chi connectivity index (χ2n) is 3.79. The number of carbonyl (C=O) groups excluding carboxylic acids is 1. The van der Waals surface area contributed by atoms with Crippen molar-refractivity contribution in [3.8, 4) is 0 Å². The molecule has 1 aromatic rings. The topological polar surface area (TPSA) is 38.7 Å². The number of thioether (sulfide) groups is 1. The van der Waals surface area contributed by atoms with E-state index in [1.807, 2.05) is 13.2 Å². The molecule has 2 rings (SSSR count). The summed E-state index contributed by atoms with van der Waals surface area (Å²) >= 11 is 1.64. The van der Waals surface area contributed by atoms with Crippen LogP contribution in [0.15, 0.2) is 23.2 Å². The Morgan fingerprint density at radius 3 is 3.00 bits per heavy atom. The Bertz CT molecular complexity index is 487. The molecule has 1 atom stereocenters. The minimum Gasteiger partial charge on any atom is -0.403 e. The van der Waals surface area contributed by atoms with Gasteiger partial charge in [0.1, 0.15) is 5.82 Å². The quantitative estimate of drug-likeness (QED) is 0.777. The molecular weight excluding hydrogens is 241 g/mol. The van der Waals surface area contributed by atoms with Gasteiger partial charge in [0.05, 0.1) is 17.2 Å². The summed E-state index contributed by atoms with van der Waals surface area (Å²) < 4.78 is 18.6. The normalized spacial score (nSPS) is 18.1. The first kappa shape index (κ1) is 12.1. The minimum absolute atomic E-state index is 0.0154. The van der Waals surface area contributed by atoms with Gasteiger partial charge >= 0.3 is 5.97 Å². The zero-order valence-electron chi connectivity index (χ0n) is 9.57. The van der Waals surface area contributed by atoms with Crippen molar-refractivity contribution in [3.05, 3.63) is 35.1 Å². The maximum Gasteiger partial charge on any atom is 0.345 e. The number of ether oxygens (including phenoxy) is 1. The molecule has 0 saturated heterocycles. The summed E-state index contributed by atoms with van der Waals surface area (Å²) in [6.45, 7) is 1.90. The van der Waals surface area contributed by atoms with Crippen molar-refractivity contribution in [2.45, 2.75) is 13.0 Å². The number of aliphatic imine (C=N–C) groups is 1. The van der Waals surface area contributed by atoms with E-state index in [0.29, 0.717) is 0 Å². The number of hydrogen-bond donors (Lipinski definition) is 0. The van der Waals surface area contributed by atoms with Gasteiger partial charge in [-0.15, -0.1) is 0 Å². The molecule has 3 nitrogen and oxygen atoms in total. The Hall–Kier alpha value is -1.36. The standard InChI is InChI=1S/C12H12FNO2S/c1-7(6-17-2)14-11-10-8(12(15)16-11)4-3-5-9(10)13/h3-5,7H,6H2,1-2H3. The Morgan fingerprint density at radius 2 is 2.29 bits per heavy atom. The lowest BCUT2D eigenvalue weighted by Gasteiger charge is -2.05. The molecule has 0 aromatic heterocycles. The molecule has 0 aliphatic carbocycles. The number of fused-ring (bicyclic) bond motifs is 1. The van der Waals surface area contributed by atoms with Gasteiger partial charge in [-0.05, 0) is 25.3 Å². The summed E-state index contributed by atoms with van der Waals surface area (Å²) in [5.74, 6) is -0.104. The van der Waals surface area contributed by atoms with E-state index in [-0.39, 0.29) is 23.1 Å². The highest BCUT2D eigenvalue weighted by atomic mass is 32.2. The van der Waals surface area contributed by atoms with Crippen LogP contribution in [0.4, 0.5) is 4.39 Å². The molecule has 0 N–H and O–H groups in total. The van der Waals surface area contributed by atoms with Gasteiger partial charge in [-0.25, -0.2) is 14.2 Å². The average Bonchev–Trinajstić information content (AvgIpc) is 2.57. The fourth-order valence-corrected chi connectivity index (χ4v) is 2.23. The molecule has 0 bridgehead atoms. The number of nitrogens with zero attached hydrogens (tertiary/aromatic N) is 1. The minimum atomic E-state index is -0.533. The van der Waals surface area contributed by atoms with E-state index in [1.54, 1.807) is 17.8 Å². The van der Waals surface area contributed by atoms with E-state index in [1.165, 1.54) is 12.1 Å². The summed E-state index contributed by atoms with van der Waals surface area (Å²) in [5.41, 5.74) is 0.436. The van der Waals surface area contributed by atoms with E-state index in [2.05, 4.69) is 4.99 Å². The lowest BCUT2D eigenvalue weighted by Crippen LogP contribution is -2.10. The monoisotopic (exact) mass is 253 g/mol. The van der Waals surface area contributed by atoms with Crippen molar-refractivity contribution >= 4 is 23.6 Å². The lowest BCUT2D eigenvalue weighted by molar-refractivity contribution is 0.0736. The maximum absolute atomic E-state index is 13.6. The largest absolute Gasteiger partial charge is 0.403 e. The van der Waals surface area contributed by atoms with E-state index >= 15 is 0 Å². The number of cyclic esters (lactones) is 1. The van der Waals surface area contributed by atoms with Crippen LogP contribution in [-0.2, 0) is 4.74 Å². The zero-order valence-corrected chi connectivity index (χ0v) is 10.4. The van der Waals surface area contributed by atoms with Crippen LogP contribution in [0.5, 0.6) is 0 Å². The number of benzene rings is 1. The number of hydrogen-bond acceptors (Lipinski definition) is 4. The fourth-order valence-electron chi connectivity index (χ4n) is 1.67. The number of carbonyl (C=O) groups is 1. The summed E-state index contributed by atoms with van der Waals surface area (Å²) in [7, 11) is 0. The fraction of sp³-hybridized carbons (Fsp3) is 0.333. The van der Waals surface area contributed by atoms with Crippen LogP contribution < -0.4 is 0 Å². The third-order valence-electron chi connectivity index (χ3n) is 2.38. The lowest BCUT2D eigenvalue weighted by atomic mass is 10.1. The second kappa shape index (κ2) is 4.87. The maximum atomic E-state index is 13.6. The highest BCUT2D eigenvalue weighted by Gasteiger charge is 2.31. The first-order valence-electron chi connectivity index (χ1n) is 5.21. The van der Waals surface area contributed by atoms with Crippen LogP contribution in [-0.4, -0.2) is 29.9 Å². The number of esters is 1. The third-order valence-corrected chi connectivity index (χ3v) is 3.20. The molecule has 1 heterocycles. The molecule has 17 heavy (non-hydrogen) atoms. The predicted molar refractivity (Wildman–Crippen MR) is 66.2 cm³/mol. The van der Waals surface area contributed by atoms with Crippen LogP contribution in [0.25, 0.3) is 0 Å². The Balaban J connectivity index is 2.39. The van der Waals surface area contributed by atoms with Crippen LogP contribution in [0.2, 0.25) is 0 Å². The summed E-state index contributed by atoms with van der Waals surface area (Å²) in [6, 6.07) is 4.32. The summed E-state index contributed by atoms with van der Waals surface area (Å²) in [6.07, 6.45) is 1.96. The average molecular weight is 253 g/mol. The van der Waals surface area contributed by atoms with Gasteiger partial charge in [-0.1, -0.05) is 6.07 Å². The first-order chi connectivity index (χ1) is 8.13. The van der Waals surface area contributed by atoms with Gasteiger partial charge < -0.3 is 4.74 Å². The van der Waals surface area contributed by atoms with E-state index in [9.17, 15) is 9.18 Å². The molecule has 90 valence electrons. The Morgan fingerprint density at radius 1 is 1.53 bits per heavy atom. The smallest absolute Gasteiger partial charge is 0.345 e. The van der Waals surface area contributed by atoms with E-state index in [0.717, 1.165) is 5.75 Å². The van der Waals surface area contributed by atoms with E-state index in [4.69, 9.17) is 4.74 Å². The van der Waals surface area contributed by atoms with Crippen LogP contribution in [0, 0.1) is 5.82 Å². The van der Waals surface area contributed by atoms with Crippen LogP contribution >= 0.6 is 11.8 Å². The Kier molecular flexibility index (Phi) is 3.47. The molecular formula is C12H12FNO2S. The number of rotatable bonds is 3. The molecule has 0 saturated carbocycles. The van der Waals surface area contributed by atoms with Crippen molar-refractivity contribution in [3.63, 3.8) is 0 Å². The van der Waals surface area contributed by atoms with Gasteiger partial charge in [-0.3, -0.25) is 0 Å². The van der Waals surface area contributed by atoms with Gasteiger partial charge in [-0.2, -0.15) is 11.8 Å². The first-order valence-corrected chi connectivity index (χ1v) is 6.60. The SMILES string of the molecule is CSCC(C)N=C1OC(=O)c2cccc(F)c21. The van der Waals surface area contributed by atoms with Gasteiger partial charge in [0.2, 0.25) is 5.90 Å². The van der Waals surface area contributed by atoms with Crippen molar-refractivity contribution in [1.82, 2.24) is 0 Å². The van der Waals surface area contributed by atoms with Crippen LogP contribution in [0.3, 0.4) is 0 Å². The molecule has 0 radical (unpaired) electrons. The molecule has 1 aromatic carbocycles. The third kappa shape index (κ3) is 2.34. The second-order valence-corrected chi connectivity index (χ2v) is 4.70. The molecule has 1 aliphatic heterocycles. The van der Waals surface area contributed by atoms with Crippen molar-refractivity contribution in [1.29, 1.82) is 0 Å². The molecule has 1 unspecified atom stereocenters. The molecule has 0 amide bonds. The highest BCUT2D eigenvalue weighted by Crippen LogP contribution is 2.23. The van der Waals surface area contributed by atoms with Crippen molar-refractivity contribution in [2.24, 2.45) is 4.99 Å². The van der Waals surface area contributed by atoms with E-state index < -0.39 is 11.8 Å². The van der Waals surface area contributed by atoms with Crippen molar-refractivity contribution in [2.75, 3.05) is 12.0 Å². The van der Waals surface area contributed by atoms with Crippen molar-refractivity contribution < 1.29 is 13.9 Å². The van der Waals surface area contributed by atoms with Gasteiger partial charge in [0.15, 0.2) is 0 Å².